The average Bonchev–Trinajstić information content (AvgIpc) is 2.96. The fourth-order valence-electron chi connectivity index (χ4n) is 3.26. The van der Waals surface area contributed by atoms with Crippen molar-refractivity contribution in [3.05, 3.63) is 0 Å². The standard InChI is InChI=1S/C15H30N2O/c1-4-6-16-15(14-5-7-18-11-14)10-17-8-12(2)13(3)9-17/h12-16H,4-11H2,1-3H3. The molecule has 106 valence electrons. The number of likely N-dealkylation sites (tertiary alicyclic amines) is 1. The maximum absolute atomic E-state index is 5.57. The van der Waals surface area contributed by atoms with Gasteiger partial charge in [0.25, 0.3) is 0 Å². The summed E-state index contributed by atoms with van der Waals surface area (Å²) >= 11 is 0. The molecule has 0 bridgehead atoms. The van der Waals surface area contributed by atoms with Crippen LogP contribution in [0.15, 0.2) is 0 Å². The van der Waals surface area contributed by atoms with Crippen molar-refractivity contribution in [2.45, 2.75) is 39.7 Å². The van der Waals surface area contributed by atoms with Crippen LogP contribution in [0, 0.1) is 17.8 Å². The van der Waals surface area contributed by atoms with Gasteiger partial charge in [-0.25, -0.2) is 0 Å². The minimum Gasteiger partial charge on any atom is -0.381 e. The fraction of sp³-hybridized carbons (Fsp3) is 1.00. The van der Waals surface area contributed by atoms with E-state index < -0.39 is 0 Å². The Labute approximate surface area is 112 Å². The van der Waals surface area contributed by atoms with Gasteiger partial charge in [-0.1, -0.05) is 20.8 Å². The Hall–Kier alpha value is -0.120. The van der Waals surface area contributed by atoms with Crippen LogP contribution in [0.5, 0.6) is 0 Å². The van der Waals surface area contributed by atoms with E-state index in [-0.39, 0.29) is 0 Å². The first-order valence-corrected chi connectivity index (χ1v) is 7.74. The molecule has 2 aliphatic heterocycles. The molecule has 2 saturated heterocycles. The van der Waals surface area contributed by atoms with Crippen LogP contribution in [-0.2, 0) is 4.74 Å². The summed E-state index contributed by atoms with van der Waals surface area (Å²) in [5, 5.41) is 3.75. The molecular weight excluding hydrogens is 224 g/mol. The molecule has 0 saturated carbocycles. The zero-order valence-electron chi connectivity index (χ0n) is 12.3. The van der Waals surface area contributed by atoms with Crippen LogP contribution < -0.4 is 5.32 Å². The van der Waals surface area contributed by atoms with Crippen LogP contribution in [0.4, 0.5) is 0 Å². The second-order valence-corrected chi connectivity index (χ2v) is 6.36. The lowest BCUT2D eigenvalue weighted by molar-refractivity contribution is 0.165. The van der Waals surface area contributed by atoms with Crippen molar-refractivity contribution in [3.63, 3.8) is 0 Å². The predicted molar refractivity (Wildman–Crippen MR) is 75.8 cm³/mol. The van der Waals surface area contributed by atoms with Crippen molar-refractivity contribution >= 4 is 0 Å². The number of ether oxygens (including phenoxy) is 1. The smallest absolute Gasteiger partial charge is 0.0510 e. The number of nitrogens with one attached hydrogen (secondary N) is 1. The third-order valence-electron chi connectivity index (χ3n) is 4.71. The molecule has 0 spiro atoms. The molecule has 0 aliphatic carbocycles. The van der Waals surface area contributed by atoms with E-state index in [9.17, 15) is 0 Å². The molecule has 4 unspecified atom stereocenters. The zero-order chi connectivity index (χ0) is 13.0. The van der Waals surface area contributed by atoms with E-state index in [1.165, 1.54) is 32.5 Å². The third-order valence-corrected chi connectivity index (χ3v) is 4.71. The SMILES string of the molecule is CCCNC(CN1CC(C)C(C)C1)C1CCOC1. The van der Waals surface area contributed by atoms with Gasteiger partial charge >= 0.3 is 0 Å². The van der Waals surface area contributed by atoms with Crippen molar-refractivity contribution in [2.24, 2.45) is 17.8 Å². The van der Waals surface area contributed by atoms with Crippen LogP contribution in [0.1, 0.15) is 33.6 Å². The van der Waals surface area contributed by atoms with Crippen molar-refractivity contribution in [1.82, 2.24) is 10.2 Å². The van der Waals surface area contributed by atoms with E-state index in [0.29, 0.717) is 6.04 Å². The van der Waals surface area contributed by atoms with E-state index in [1.807, 2.05) is 0 Å². The monoisotopic (exact) mass is 254 g/mol. The first-order chi connectivity index (χ1) is 8.70. The summed E-state index contributed by atoms with van der Waals surface area (Å²) in [4.78, 5) is 2.65. The molecule has 2 rings (SSSR count). The van der Waals surface area contributed by atoms with Crippen LogP contribution in [0.25, 0.3) is 0 Å². The van der Waals surface area contributed by atoms with Crippen molar-refractivity contribution in [3.8, 4) is 0 Å². The molecule has 2 heterocycles. The van der Waals surface area contributed by atoms with Crippen molar-refractivity contribution < 1.29 is 4.74 Å². The third kappa shape index (κ3) is 3.69. The highest BCUT2D eigenvalue weighted by Gasteiger charge is 2.31. The van der Waals surface area contributed by atoms with E-state index in [1.54, 1.807) is 0 Å². The Morgan fingerprint density at radius 2 is 2.00 bits per heavy atom. The number of hydrogen-bond donors (Lipinski definition) is 1. The molecule has 2 aliphatic rings. The zero-order valence-corrected chi connectivity index (χ0v) is 12.3. The summed E-state index contributed by atoms with van der Waals surface area (Å²) in [5.41, 5.74) is 0. The van der Waals surface area contributed by atoms with Gasteiger partial charge in [0.1, 0.15) is 0 Å². The van der Waals surface area contributed by atoms with Crippen LogP contribution in [0.2, 0.25) is 0 Å². The Kier molecular flexibility index (Phi) is 5.46. The van der Waals surface area contributed by atoms with Gasteiger partial charge in [-0.05, 0) is 31.2 Å². The topological polar surface area (TPSA) is 24.5 Å². The highest BCUT2D eigenvalue weighted by atomic mass is 16.5. The van der Waals surface area contributed by atoms with Crippen molar-refractivity contribution in [1.29, 1.82) is 0 Å². The first kappa shape index (κ1) is 14.3. The quantitative estimate of drug-likeness (QED) is 0.784. The predicted octanol–water partition coefficient (Wildman–Crippen LogP) is 1.98. The molecule has 3 heteroatoms. The lowest BCUT2D eigenvalue weighted by Crippen LogP contribution is -2.45. The van der Waals surface area contributed by atoms with E-state index in [0.717, 1.165) is 37.5 Å². The summed E-state index contributed by atoms with van der Waals surface area (Å²) in [5.74, 6) is 2.44. The van der Waals surface area contributed by atoms with E-state index in [2.05, 4.69) is 31.0 Å². The number of nitrogens with zero attached hydrogens (tertiary/aromatic N) is 1. The molecule has 0 radical (unpaired) electrons. The van der Waals surface area contributed by atoms with Gasteiger partial charge in [-0.3, -0.25) is 0 Å². The summed E-state index contributed by atoms with van der Waals surface area (Å²) in [6.07, 6.45) is 2.46. The average molecular weight is 254 g/mol. The molecule has 1 N–H and O–H groups in total. The van der Waals surface area contributed by atoms with E-state index in [4.69, 9.17) is 4.74 Å². The molecule has 4 atom stereocenters. The highest BCUT2D eigenvalue weighted by molar-refractivity contribution is 4.86. The molecule has 0 aromatic heterocycles. The van der Waals surface area contributed by atoms with Gasteiger partial charge in [0.05, 0.1) is 6.61 Å². The van der Waals surface area contributed by atoms with Gasteiger partial charge in [0.2, 0.25) is 0 Å². The second kappa shape index (κ2) is 6.88. The summed E-state index contributed by atoms with van der Waals surface area (Å²) in [6.45, 7) is 13.8. The molecule has 3 nitrogen and oxygen atoms in total. The van der Waals surface area contributed by atoms with Gasteiger partial charge in [-0.15, -0.1) is 0 Å². The maximum Gasteiger partial charge on any atom is 0.0510 e. The molecular formula is C15H30N2O. The molecule has 18 heavy (non-hydrogen) atoms. The Bertz CT molecular complexity index is 231. The van der Waals surface area contributed by atoms with Gasteiger partial charge in [0.15, 0.2) is 0 Å². The Morgan fingerprint density at radius 1 is 1.28 bits per heavy atom. The summed E-state index contributed by atoms with van der Waals surface area (Å²) in [7, 11) is 0. The number of rotatable bonds is 6. The molecule has 0 aromatic carbocycles. The Balaban J connectivity index is 1.84. The highest BCUT2D eigenvalue weighted by Crippen LogP contribution is 2.24. The molecule has 0 amide bonds. The lowest BCUT2D eigenvalue weighted by atomic mass is 9.98. The summed E-state index contributed by atoms with van der Waals surface area (Å²) < 4.78 is 5.57. The van der Waals surface area contributed by atoms with Gasteiger partial charge in [-0.2, -0.15) is 0 Å². The van der Waals surface area contributed by atoms with Gasteiger partial charge < -0.3 is 15.0 Å². The van der Waals surface area contributed by atoms with Crippen LogP contribution in [0.3, 0.4) is 0 Å². The van der Waals surface area contributed by atoms with Crippen LogP contribution in [-0.4, -0.2) is 50.3 Å². The number of hydrogen-bond acceptors (Lipinski definition) is 3. The minimum absolute atomic E-state index is 0.630. The normalized spacial score (nSPS) is 35.2. The Morgan fingerprint density at radius 3 is 2.56 bits per heavy atom. The lowest BCUT2D eigenvalue weighted by Gasteiger charge is -2.28. The molecule has 2 fully saturated rings. The maximum atomic E-state index is 5.57. The largest absolute Gasteiger partial charge is 0.381 e. The minimum atomic E-state index is 0.630. The first-order valence-electron chi connectivity index (χ1n) is 7.74. The van der Waals surface area contributed by atoms with Gasteiger partial charge in [0, 0.05) is 38.2 Å². The second-order valence-electron chi connectivity index (χ2n) is 6.36. The van der Waals surface area contributed by atoms with Crippen LogP contribution >= 0.6 is 0 Å². The molecule has 0 aromatic rings. The summed E-state index contributed by atoms with van der Waals surface area (Å²) in [6, 6.07) is 0.630. The van der Waals surface area contributed by atoms with Crippen molar-refractivity contribution in [2.75, 3.05) is 39.4 Å². The van der Waals surface area contributed by atoms with E-state index >= 15 is 0 Å². The fourth-order valence-corrected chi connectivity index (χ4v) is 3.26.